The van der Waals surface area contributed by atoms with Crippen LogP contribution in [0.5, 0.6) is 0 Å². The number of ether oxygens (including phenoxy) is 2. The van der Waals surface area contributed by atoms with Crippen LogP contribution in [-0.4, -0.2) is 25.6 Å². The lowest BCUT2D eigenvalue weighted by Gasteiger charge is -2.11. The Morgan fingerprint density at radius 1 is 1.17 bits per heavy atom. The predicted octanol–water partition coefficient (Wildman–Crippen LogP) is 4.20. The van der Waals surface area contributed by atoms with Crippen LogP contribution in [0.1, 0.15) is 23.6 Å². The highest BCUT2D eigenvalue weighted by molar-refractivity contribution is 6.44. The lowest BCUT2D eigenvalue weighted by atomic mass is 10.00. The first kappa shape index (κ1) is 23.1. The van der Waals surface area contributed by atoms with Crippen molar-refractivity contribution in [2.45, 2.75) is 13.5 Å². The van der Waals surface area contributed by atoms with E-state index in [2.05, 4.69) is 5.48 Å². The fraction of sp³-hybridized carbons (Fsp3) is 0.182. The van der Waals surface area contributed by atoms with E-state index in [0.29, 0.717) is 16.7 Å². The Kier molecular flexibility index (Phi) is 9.05. The molecule has 2 aromatic rings. The molecule has 0 fully saturated rings. The van der Waals surface area contributed by atoms with Crippen LogP contribution in [0.3, 0.4) is 0 Å². The number of nitrogens with one attached hydrogen (secondary N) is 1. The first-order chi connectivity index (χ1) is 14.5. The zero-order valence-electron chi connectivity index (χ0n) is 16.5. The Bertz CT molecular complexity index is 958. The second kappa shape index (κ2) is 11.7. The molecule has 0 saturated heterocycles. The van der Waals surface area contributed by atoms with Gasteiger partial charge in [-0.25, -0.2) is 14.7 Å². The molecule has 0 radical (unpaired) electrons. The van der Waals surface area contributed by atoms with Crippen molar-refractivity contribution in [3.05, 3.63) is 82.3 Å². The van der Waals surface area contributed by atoms with Gasteiger partial charge in [0.15, 0.2) is 0 Å². The molecule has 1 N–H and O–H groups in total. The monoisotopic (exact) mass is 433 g/mol. The van der Waals surface area contributed by atoms with E-state index in [1.165, 1.54) is 37.6 Å². The topological polar surface area (TPSA) is 73.9 Å². The van der Waals surface area contributed by atoms with Gasteiger partial charge in [0.25, 0.3) is 5.91 Å². The molecule has 1 amide bonds. The van der Waals surface area contributed by atoms with Gasteiger partial charge in [-0.15, -0.1) is 0 Å². The number of halogens is 2. The smallest absolute Gasteiger partial charge is 0.341 e. The summed E-state index contributed by atoms with van der Waals surface area (Å²) < 4.78 is 23.2. The molecule has 6 nitrogen and oxygen atoms in total. The van der Waals surface area contributed by atoms with Crippen molar-refractivity contribution in [3.63, 3.8) is 0 Å². The molecule has 0 aliphatic carbocycles. The number of carbonyl (C=O) groups is 2. The minimum absolute atomic E-state index is 0.0339. The quantitative estimate of drug-likeness (QED) is 0.277. The fourth-order valence-electron chi connectivity index (χ4n) is 2.48. The van der Waals surface area contributed by atoms with Gasteiger partial charge in [0.05, 0.1) is 26.6 Å². The molecule has 2 aromatic carbocycles. The maximum absolute atomic E-state index is 13.2. The number of amides is 1. The lowest BCUT2D eigenvalue weighted by Crippen LogP contribution is -2.23. The van der Waals surface area contributed by atoms with Gasteiger partial charge in [0.1, 0.15) is 16.4 Å². The molecule has 2 rings (SSSR count). The number of hydrogen-bond donors (Lipinski definition) is 1. The lowest BCUT2D eigenvalue weighted by molar-refractivity contribution is -0.136. The molecule has 0 aliphatic heterocycles. The maximum atomic E-state index is 13.2. The van der Waals surface area contributed by atoms with Crippen LogP contribution < -0.4 is 5.48 Å². The Morgan fingerprint density at radius 2 is 1.93 bits per heavy atom. The summed E-state index contributed by atoms with van der Waals surface area (Å²) >= 11 is 6.11. The molecule has 0 aromatic heterocycles. The van der Waals surface area contributed by atoms with Gasteiger partial charge < -0.3 is 9.47 Å². The van der Waals surface area contributed by atoms with Gasteiger partial charge in [0.2, 0.25) is 0 Å². The number of carbonyl (C=O) groups excluding carboxylic acids is 2. The van der Waals surface area contributed by atoms with Crippen molar-refractivity contribution in [1.82, 2.24) is 5.48 Å². The maximum Gasteiger partial charge on any atom is 0.341 e. The summed E-state index contributed by atoms with van der Waals surface area (Å²) in [6.45, 7) is 1.86. The summed E-state index contributed by atoms with van der Waals surface area (Å²) in [4.78, 5) is 29.5. The summed E-state index contributed by atoms with van der Waals surface area (Å²) in [5.74, 6) is -1.67. The normalized spacial score (nSPS) is 11.7. The fourth-order valence-corrected chi connectivity index (χ4v) is 2.64. The average molecular weight is 434 g/mol. The van der Waals surface area contributed by atoms with Crippen LogP contribution >= 0.6 is 11.6 Å². The molecule has 0 heterocycles. The second-order valence-corrected chi connectivity index (χ2v) is 6.32. The van der Waals surface area contributed by atoms with Crippen molar-refractivity contribution in [2.24, 2.45) is 0 Å². The number of methoxy groups -OCH3 is 1. The summed E-state index contributed by atoms with van der Waals surface area (Å²) in [7, 11) is 1.41. The Morgan fingerprint density at radius 3 is 2.63 bits per heavy atom. The third-order valence-corrected chi connectivity index (χ3v) is 4.05. The van der Waals surface area contributed by atoms with Crippen LogP contribution in [0.15, 0.2) is 59.8 Å². The molecule has 0 unspecified atom stereocenters. The molecule has 0 aliphatic rings. The third-order valence-electron chi connectivity index (χ3n) is 3.77. The second-order valence-electron chi connectivity index (χ2n) is 5.92. The van der Waals surface area contributed by atoms with E-state index < -0.39 is 17.7 Å². The predicted molar refractivity (Wildman–Crippen MR) is 111 cm³/mol. The zero-order chi connectivity index (χ0) is 21.9. The van der Waals surface area contributed by atoms with Gasteiger partial charge >= 0.3 is 5.97 Å². The van der Waals surface area contributed by atoms with Crippen LogP contribution in [-0.2, 0) is 30.5 Å². The van der Waals surface area contributed by atoms with E-state index in [-0.39, 0.29) is 23.8 Å². The molecule has 158 valence electrons. The van der Waals surface area contributed by atoms with Crippen molar-refractivity contribution in [2.75, 3.05) is 13.7 Å². The highest BCUT2D eigenvalue weighted by atomic mass is 35.5. The molecular formula is C22H21ClFNO5. The standard InChI is InChI=1S/C22H21ClFNO5/c1-3-29-22(27)19(14-28-2)18-10-5-4-8-16(18)12-20(23)21(26)25-30-13-15-7-6-9-17(24)11-15/h4-12,14H,3,13H2,1-2H3,(H,25,26)/b19-14+,20-12-. The molecule has 8 heteroatoms. The number of hydroxylamine groups is 1. The summed E-state index contributed by atoms with van der Waals surface area (Å²) in [5.41, 5.74) is 3.90. The van der Waals surface area contributed by atoms with E-state index in [4.69, 9.17) is 25.9 Å². The third kappa shape index (κ3) is 6.72. The minimum atomic E-state index is -0.698. The van der Waals surface area contributed by atoms with Gasteiger partial charge in [-0.1, -0.05) is 48.0 Å². The van der Waals surface area contributed by atoms with Gasteiger partial charge in [-0.2, -0.15) is 0 Å². The zero-order valence-corrected chi connectivity index (χ0v) is 17.2. The average Bonchev–Trinajstić information content (AvgIpc) is 2.72. The van der Waals surface area contributed by atoms with E-state index in [0.717, 1.165) is 0 Å². The number of benzene rings is 2. The van der Waals surface area contributed by atoms with Crippen molar-refractivity contribution >= 4 is 35.1 Å². The van der Waals surface area contributed by atoms with Crippen molar-refractivity contribution < 1.29 is 28.3 Å². The van der Waals surface area contributed by atoms with Crippen LogP contribution in [0.25, 0.3) is 11.6 Å². The summed E-state index contributed by atoms with van der Waals surface area (Å²) in [5, 5.41) is -0.178. The first-order valence-corrected chi connectivity index (χ1v) is 9.37. The molecule has 30 heavy (non-hydrogen) atoms. The van der Waals surface area contributed by atoms with Crippen LogP contribution in [0, 0.1) is 5.82 Å². The highest BCUT2D eigenvalue weighted by Crippen LogP contribution is 2.24. The van der Waals surface area contributed by atoms with E-state index >= 15 is 0 Å². The number of rotatable bonds is 9. The summed E-state index contributed by atoms with van der Waals surface area (Å²) in [6, 6.07) is 12.6. The molecule has 0 saturated carbocycles. The highest BCUT2D eigenvalue weighted by Gasteiger charge is 2.17. The molecule has 0 spiro atoms. The number of esters is 1. The van der Waals surface area contributed by atoms with Gasteiger partial charge in [0, 0.05) is 0 Å². The van der Waals surface area contributed by atoms with E-state index in [9.17, 15) is 14.0 Å². The number of hydrogen-bond acceptors (Lipinski definition) is 5. The Labute approximate surface area is 178 Å². The van der Waals surface area contributed by atoms with Crippen molar-refractivity contribution in [1.29, 1.82) is 0 Å². The van der Waals surface area contributed by atoms with Crippen LogP contribution in [0.2, 0.25) is 0 Å². The molecule has 0 atom stereocenters. The van der Waals surface area contributed by atoms with E-state index in [1.54, 1.807) is 37.3 Å². The molecular weight excluding hydrogens is 413 g/mol. The van der Waals surface area contributed by atoms with Gasteiger partial charge in [-0.3, -0.25) is 9.63 Å². The minimum Gasteiger partial charge on any atom is -0.503 e. The SMILES string of the molecule is CCOC(=O)/C(=C/OC)c1ccccc1/C=C(\Cl)C(=O)NOCc1cccc(F)c1. The first-order valence-electron chi connectivity index (χ1n) is 8.99. The largest absolute Gasteiger partial charge is 0.503 e. The van der Waals surface area contributed by atoms with Crippen LogP contribution in [0.4, 0.5) is 4.39 Å². The summed E-state index contributed by atoms with van der Waals surface area (Å²) in [6.07, 6.45) is 2.65. The Hall–Kier alpha value is -3.16. The van der Waals surface area contributed by atoms with E-state index in [1.807, 2.05) is 0 Å². The molecule has 0 bridgehead atoms. The van der Waals surface area contributed by atoms with Crippen molar-refractivity contribution in [3.8, 4) is 0 Å². The van der Waals surface area contributed by atoms with Gasteiger partial charge in [-0.05, 0) is 41.8 Å². The Balaban J connectivity index is 2.14.